The topological polar surface area (TPSA) is 54.0 Å². The van der Waals surface area contributed by atoms with Crippen molar-refractivity contribution in [2.75, 3.05) is 57.4 Å². The molecule has 2 amide bonds. The number of benzene rings is 1. The van der Waals surface area contributed by atoms with Gasteiger partial charge in [0.25, 0.3) is 0 Å². The summed E-state index contributed by atoms with van der Waals surface area (Å²) in [5, 5.41) is 2.79. The summed E-state index contributed by atoms with van der Waals surface area (Å²) in [7, 11) is 0. The van der Waals surface area contributed by atoms with Crippen molar-refractivity contribution in [3.63, 3.8) is 0 Å². The SMILES string of the molecule is O=C1NCCN1c1ccc(OCCN2CCOCC2)cc1. The Kier molecular flexibility index (Phi) is 4.57. The number of morpholine rings is 1. The lowest BCUT2D eigenvalue weighted by molar-refractivity contribution is 0.0322. The minimum absolute atomic E-state index is 0.0315. The zero-order valence-electron chi connectivity index (χ0n) is 12.1. The number of urea groups is 1. The van der Waals surface area contributed by atoms with E-state index in [0.29, 0.717) is 13.2 Å². The van der Waals surface area contributed by atoms with E-state index in [-0.39, 0.29) is 6.03 Å². The average Bonchev–Trinajstić information content (AvgIpc) is 2.95. The van der Waals surface area contributed by atoms with E-state index in [9.17, 15) is 4.79 Å². The second kappa shape index (κ2) is 6.78. The Labute approximate surface area is 124 Å². The van der Waals surface area contributed by atoms with Crippen LogP contribution < -0.4 is 15.0 Å². The minimum Gasteiger partial charge on any atom is -0.492 e. The molecule has 0 saturated carbocycles. The zero-order valence-corrected chi connectivity index (χ0v) is 12.1. The van der Waals surface area contributed by atoms with Crippen LogP contribution >= 0.6 is 0 Å². The lowest BCUT2D eigenvalue weighted by Crippen LogP contribution is -2.38. The summed E-state index contributed by atoms with van der Waals surface area (Å²) in [5.74, 6) is 0.839. The largest absolute Gasteiger partial charge is 0.492 e. The molecule has 6 nitrogen and oxygen atoms in total. The van der Waals surface area contributed by atoms with Crippen molar-refractivity contribution in [2.24, 2.45) is 0 Å². The van der Waals surface area contributed by atoms with Crippen molar-refractivity contribution in [3.05, 3.63) is 24.3 Å². The minimum atomic E-state index is -0.0315. The average molecular weight is 291 g/mol. The standard InChI is InChI=1S/C15H21N3O3/c19-15-16-5-6-18(15)13-1-3-14(4-2-13)21-12-9-17-7-10-20-11-8-17/h1-4H,5-12H2,(H,16,19). The van der Waals surface area contributed by atoms with Crippen molar-refractivity contribution < 1.29 is 14.3 Å². The molecule has 0 aliphatic carbocycles. The van der Waals surface area contributed by atoms with Gasteiger partial charge in [-0.2, -0.15) is 0 Å². The van der Waals surface area contributed by atoms with Gasteiger partial charge in [-0.1, -0.05) is 0 Å². The summed E-state index contributed by atoms with van der Waals surface area (Å²) in [6.07, 6.45) is 0. The second-order valence-corrected chi connectivity index (χ2v) is 5.18. The maximum Gasteiger partial charge on any atom is 0.321 e. The zero-order chi connectivity index (χ0) is 14.5. The Morgan fingerprint density at radius 1 is 1.14 bits per heavy atom. The van der Waals surface area contributed by atoms with E-state index in [1.54, 1.807) is 4.90 Å². The van der Waals surface area contributed by atoms with E-state index in [1.807, 2.05) is 24.3 Å². The van der Waals surface area contributed by atoms with Crippen LogP contribution in [0.4, 0.5) is 10.5 Å². The molecule has 0 aromatic heterocycles. The lowest BCUT2D eigenvalue weighted by Gasteiger charge is -2.26. The first-order valence-corrected chi connectivity index (χ1v) is 7.41. The van der Waals surface area contributed by atoms with Gasteiger partial charge >= 0.3 is 6.03 Å². The summed E-state index contributed by atoms with van der Waals surface area (Å²) in [6, 6.07) is 7.65. The fourth-order valence-corrected chi connectivity index (χ4v) is 2.56. The molecule has 2 aliphatic heterocycles. The van der Waals surface area contributed by atoms with Gasteiger partial charge in [0, 0.05) is 38.4 Å². The van der Waals surface area contributed by atoms with E-state index in [1.165, 1.54) is 0 Å². The van der Waals surface area contributed by atoms with Gasteiger partial charge in [0.2, 0.25) is 0 Å². The van der Waals surface area contributed by atoms with Crippen molar-refractivity contribution in [1.29, 1.82) is 0 Å². The maximum atomic E-state index is 11.6. The van der Waals surface area contributed by atoms with Crippen LogP contribution in [0.2, 0.25) is 0 Å². The predicted molar refractivity (Wildman–Crippen MR) is 79.9 cm³/mol. The molecule has 2 heterocycles. The Hall–Kier alpha value is -1.79. The third-order valence-electron chi connectivity index (χ3n) is 3.79. The fourth-order valence-electron chi connectivity index (χ4n) is 2.56. The highest BCUT2D eigenvalue weighted by Crippen LogP contribution is 2.20. The number of amides is 2. The summed E-state index contributed by atoms with van der Waals surface area (Å²) in [5.41, 5.74) is 0.908. The van der Waals surface area contributed by atoms with Crippen molar-refractivity contribution in [2.45, 2.75) is 0 Å². The fraction of sp³-hybridized carbons (Fsp3) is 0.533. The van der Waals surface area contributed by atoms with Crippen LogP contribution in [0.1, 0.15) is 0 Å². The van der Waals surface area contributed by atoms with Crippen LogP contribution in [0.3, 0.4) is 0 Å². The normalized spacial score (nSPS) is 19.6. The quantitative estimate of drug-likeness (QED) is 0.877. The van der Waals surface area contributed by atoms with Crippen LogP contribution in [-0.4, -0.2) is 63.5 Å². The third-order valence-corrected chi connectivity index (χ3v) is 3.79. The first kappa shape index (κ1) is 14.2. The van der Waals surface area contributed by atoms with Gasteiger partial charge in [0.1, 0.15) is 12.4 Å². The third kappa shape index (κ3) is 3.65. The van der Waals surface area contributed by atoms with E-state index < -0.39 is 0 Å². The Balaban J connectivity index is 1.46. The van der Waals surface area contributed by atoms with E-state index in [4.69, 9.17) is 9.47 Å². The predicted octanol–water partition coefficient (Wildman–Crippen LogP) is 0.927. The van der Waals surface area contributed by atoms with Crippen LogP contribution in [0, 0.1) is 0 Å². The highest BCUT2D eigenvalue weighted by Gasteiger charge is 2.20. The van der Waals surface area contributed by atoms with Gasteiger partial charge in [-0.15, -0.1) is 0 Å². The van der Waals surface area contributed by atoms with Crippen molar-refractivity contribution in [3.8, 4) is 5.75 Å². The van der Waals surface area contributed by atoms with Crippen molar-refractivity contribution in [1.82, 2.24) is 10.2 Å². The molecule has 0 unspecified atom stereocenters. The molecule has 0 radical (unpaired) electrons. The van der Waals surface area contributed by atoms with Gasteiger partial charge in [0.05, 0.1) is 13.2 Å². The van der Waals surface area contributed by atoms with E-state index >= 15 is 0 Å². The molecule has 0 atom stereocenters. The van der Waals surface area contributed by atoms with Gasteiger partial charge in [-0.25, -0.2) is 4.79 Å². The molecule has 0 spiro atoms. The molecule has 21 heavy (non-hydrogen) atoms. The summed E-state index contributed by atoms with van der Waals surface area (Å²) < 4.78 is 11.1. The van der Waals surface area contributed by atoms with Crippen LogP contribution in [-0.2, 0) is 4.74 Å². The molecule has 2 saturated heterocycles. The number of nitrogens with zero attached hydrogens (tertiary/aromatic N) is 2. The molecule has 2 fully saturated rings. The monoisotopic (exact) mass is 291 g/mol. The molecule has 1 N–H and O–H groups in total. The number of rotatable bonds is 5. The molecule has 1 aromatic carbocycles. The smallest absolute Gasteiger partial charge is 0.321 e. The van der Waals surface area contributed by atoms with Gasteiger partial charge in [-0.3, -0.25) is 9.80 Å². The number of hydrogen-bond donors (Lipinski definition) is 1. The molecular formula is C15H21N3O3. The van der Waals surface area contributed by atoms with E-state index in [2.05, 4.69) is 10.2 Å². The number of hydrogen-bond acceptors (Lipinski definition) is 4. The Morgan fingerprint density at radius 3 is 2.57 bits per heavy atom. The number of carbonyl (C=O) groups excluding carboxylic acids is 1. The molecule has 1 aromatic rings. The van der Waals surface area contributed by atoms with E-state index in [0.717, 1.165) is 50.8 Å². The lowest BCUT2D eigenvalue weighted by atomic mass is 10.3. The molecule has 114 valence electrons. The van der Waals surface area contributed by atoms with Gasteiger partial charge in [-0.05, 0) is 24.3 Å². The highest BCUT2D eigenvalue weighted by atomic mass is 16.5. The van der Waals surface area contributed by atoms with Gasteiger partial charge in [0.15, 0.2) is 0 Å². The molecule has 0 bridgehead atoms. The highest BCUT2D eigenvalue weighted by molar-refractivity contribution is 5.94. The number of carbonyl (C=O) groups is 1. The molecule has 6 heteroatoms. The molecule has 3 rings (SSSR count). The summed E-state index contributed by atoms with van der Waals surface area (Å²) >= 11 is 0. The second-order valence-electron chi connectivity index (χ2n) is 5.18. The van der Waals surface area contributed by atoms with Crippen LogP contribution in [0.25, 0.3) is 0 Å². The van der Waals surface area contributed by atoms with Crippen molar-refractivity contribution >= 4 is 11.7 Å². The maximum absolute atomic E-state index is 11.6. The molecule has 2 aliphatic rings. The summed E-state index contributed by atoms with van der Waals surface area (Å²) in [6.45, 7) is 6.59. The number of nitrogens with one attached hydrogen (secondary N) is 1. The first-order valence-electron chi connectivity index (χ1n) is 7.41. The Morgan fingerprint density at radius 2 is 1.90 bits per heavy atom. The van der Waals surface area contributed by atoms with Gasteiger partial charge < -0.3 is 14.8 Å². The summed E-state index contributed by atoms with van der Waals surface area (Å²) in [4.78, 5) is 15.6. The molecular weight excluding hydrogens is 270 g/mol. The van der Waals surface area contributed by atoms with Crippen LogP contribution in [0.5, 0.6) is 5.75 Å². The number of ether oxygens (including phenoxy) is 2. The first-order chi connectivity index (χ1) is 10.3. The Bertz CT molecular complexity index is 472. The van der Waals surface area contributed by atoms with Crippen LogP contribution in [0.15, 0.2) is 24.3 Å². The number of anilines is 1.